The van der Waals surface area contributed by atoms with Gasteiger partial charge >= 0.3 is 0 Å². The third-order valence-corrected chi connectivity index (χ3v) is 2.85. The van der Waals surface area contributed by atoms with Crippen molar-refractivity contribution in [2.75, 3.05) is 24.4 Å². The number of thioether (sulfide) groups is 1. The molecule has 0 spiro atoms. The summed E-state index contributed by atoms with van der Waals surface area (Å²) in [6, 6.07) is 2.06. The van der Waals surface area contributed by atoms with Crippen LogP contribution in [-0.2, 0) is 11.3 Å². The maximum absolute atomic E-state index is 5.89. The molecule has 4 nitrogen and oxygen atoms in total. The van der Waals surface area contributed by atoms with Gasteiger partial charge in [0.05, 0.1) is 0 Å². The molecule has 0 aliphatic rings. The maximum Gasteiger partial charge on any atom is 0.158 e. The van der Waals surface area contributed by atoms with Crippen molar-refractivity contribution >= 4 is 29.2 Å². The van der Waals surface area contributed by atoms with Gasteiger partial charge in [-0.15, -0.1) is 0 Å². The van der Waals surface area contributed by atoms with Crippen molar-refractivity contribution in [3.05, 3.63) is 17.0 Å². The molecule has 0 fully saturated rings. The van der Waals surface area contributed by atoms with Crippen molar-refractivity contribution in [2.24, 2.45) is 0 Å². The van der Waals surface area contributed by atoms with Gasteiger partial charge in [-0.05, 0) is 13.2 Å². The molecular weight excluding hydrogens is 246 g/mol. The van der Waals surface area contributed by atoms with E-state index in [2.05, 4.69) is 28.5 Å². The van der Waals surface area contributed by atoms with Crippen molar-refractivity contribution in [1.29, 1.82) is 0 Å². The van der Waals surface area contributed by atoms with Gasteiger partial charge in [0.25, 0.3) is 0 Å². The minimum atomic E-state index is 0.344. The van der Waals surface area contributed by atoms with Crippen LogP contribution in [0.15, 0.2) is 6.07 Å². The highest BCUT2D eigenvalue weighted by molar-refractivity contribution is 7.98. The predicted molar refractivity (Wildman–Crippen MR) is 69.2 cm³/mol. The van der Waals surface area contributed by atoms with Gasteiger partial charge < -0.3 is 10.1 Å². The molecule has 0 aromatic carbocycles. The van der Waals surface area contributed by atoms with E-state index in [0.717, 1.165) is 11.6 Å². The Kier molecular flexibility index (Phi) is 5.87. The normalized spacial score (nSPS) is 12.5. The molecule has 1 unspecified atom stereocenters. The highest BCUT2D eigenvalue weighted by Gasteiger charge is 2.06. The molecule has 16 heavy (non-hydrogen) atoms. The summed E-state index contributed by atoms with van der Waals surface area (Å²) in [5.41, 5.74) is 0. The molecule has 6 heteroatoms. The smallest absolute Gasteiger partial charge is 0.158 e. The second-order valence-electron chi connectivity index (χ2n) is 3.43. The number of nitrogens with zero attached hydrogens (tertiary/aromatic N) is 2. The van der Waals surface area contributed by atoms with Crippen molar-refractivity contribution in [1.82, 2.24) is 9.97 Å². The van der Waals surface area contributed by atoms with E-state index in [1.807, 2.05) is 0 Å². The van der Waals surface area contributed by atoms with Crippen LogP contribution in [0.1, 0.15) is 12.7 Å². The molecule has 1 heterocycles. The topological polar surface area (TPSA) is 47.0 Å². The van der Waals surface area contributed by atoms with Gasteiger partial charge in [-0.25, -0.2) is 9.97 Å². The Morgan fingerprint density at radius 1 is 1.56 bits per heavy atom. The van der Waals surface area contributed by atoms with E-state index in [1.54, 1.807) is 24.9 Å². The zero-order valence-corrected chi connectivity index (χ0v) is 11.2. The molecule has 0 saturated heterocycles. The quantitative estimate of drug-likeness (QED) is 0.797. The number of anilines is 1. The fraction of sp³-hybridized carbons (Fsp3) is 0.600. The van der Waals surface area contributed by atoms with Crippen LogP contribution < -0.4 is 5.32 Å². The molecule has 0 saturated carbocycles. The Bertz CT molecular complexity index is 338. The van der Waals surface area contributed by atoms with E-state index in [4.69, 9.17) is 16.3 Å². The lowest BCUT2D eigenvalue weighted by atomic mass is 10.4. The van der Waals surface area contributed by atoms with E-state index in [9.17, 15) is 0 Å². The molecular formula is C10H16ClN3OS. The SMILES string of the molecule is COCc1nc(Cl)cc(NC(C)CSC)n1. The molecule has 0 aliphatic heterocycles. The number of methoxy groups -OCH3 is 1. The summed E-state index contributed by atoms with van der Waals surface area (Å²) in [5, 5.41) is 3.70. The number of aromatic nitrogens is 2. The molecule has 0 aliphatic carbocycles. The molecule has 1 rings (SSSR count). The first-order valence-electron chi connectivity index (χ1n) is 4.93. The molecule has 1 N–H and O–H groups in total. The average Bonchev–Trinajstić information content (AvgIpc) is 2.17. The third-order valence-electron chi connectivity index (χ3n) is 1.83. The second-order valence-corrected chi connectivity index (χ2v) is 4.72. The summed E-state index contributed by atoms with van der Waals surface area (Å²) in [4.78, 5) is 8.37. The zero-order valence-electron chi connectivity index (χ0n) is 9.66. The van der Waals surface area contributed by atoms with Gasteiger partial charge in [0, 0.05) is 25.0 Å². The Labute approximate surface area is 105 Å². The van der Waals surface area contributed by atoms with Crippen LogP contribution in [0, 0.1) is 0 Å². The Hall–Kier alpha value is -0.520. The molecule has 0 amide bonds. The van der Waals surface area contributed by atoms with Crippen molar-refractivity contribution < 1.29 is 4.74 Å². The van der Waals surface area contributed by atoms with E-state index in [-0.39, 0.29) is 0 Å². The number of rotatable bonds is 6. The van der Waals surface area contributed by atoms with Gasteiger partial charge in [-0.2, -0.15) is 11.8 Å². The summed E-state index contributed by atoms with van der Waals surface area (Å²) in [7, 11) is 1.60. The highest BCUT2D eigenvalue weighted by Crippen LogP contribution is 2.13. The average molecular weight is 262 g/mol. The Morgan fingerprint density at radius 3 is 2.94 bits per heavy atom. The minimum absolute atomic E-state index is 0.344. The van der Waals surface area contributed by atoms with E-state index >= 15 is 0 Å². The van der Waals surface area contributed by atoms with Gasteiger partial charge in [-0.3, -0.25) is 0 Å². The fourth-order valence-corrected chi connectivity index (χ4v) is 2.06. The predicted octanol–water partition coefficient (Wildman–Crippen LogP) is 2.44. The lowest BCUT2D eigenvalue weighted by Gasteiger charge is -2.13. The van der Waals surface area contributed by atoms with E-state index < -0.39 is 0 Å². The van der Waals surface area contributed by atoms with Crippen LogP contribution in [0.2, 0.25) is 5.15 Å². The summed E-state index contributed by atoms with van der Waals surface area (Å²) in [6.07, 6.45) is 2.07. The van der Waals surface area contributed by atoms with Gasteiger partial charge in [-0.1, -0.05) is 11.6 Å². The summed E-state index contributed by atoms with van der Waals surface area (Å²) in [5.74, 6) is 2.35. The number of halogens is 1. The number of ether oxygens (including phenoxy) is 1. The monoisotopic (exact) mass is 261 g/mol. The van der Waals surface area contributed by atoms with Crippen molar-refractivity contribution in [3.8, 4) is 0 Å². The van der Waals surface area contributed by atoms with Crippen molar-refractivity contribution in [3.63, 3.8) is 0 Å². The third kappa shape index (κ3) is 4.55. The molecule has 1 aromatic heterocycles. The minimum Gasteiger partial charge on any atom is -0.377 e. The van der Waals surface area contributed by atoms with Gasteiger partial charge in [0.2, 0.25) is 0 Å². The van der Waals surface area contributed by atoms with Crippen LogP contribution in [0.4, 0.5) is 5.82 Å². The van der Waals surface area contributed by atoms with Gasteiger partial charge in [0.15, 0.2) is 5.82 Å². The fourth-order valence-electron chi connectivity index (χ4n) is 1.28. The number of hydrogen-bond acceptors (Lipinski definition) is 5. The maximum atomic E-state index is 5.89. The van der Waals surface area contributed by atoms with E-state index in [0.29, 0.717) is 23.6 Å². The van der Waals surface area contributed by atoms with Gasteiger partial charge in [0.1, 0.15) is 17.6 Å². The number of hydrogen-bond donors (Lipinski definition) is 1. The molecule has 1 atom stereocenters. The highest BCUT2D eigenvalue weighted by atomic mass is 35.5. The Morgan fingerprint density at radius 2 is 2.31 bits per heavy atom. The lowest BCUT2D eigenvalue weighted by Crippen LogP contribution is -2.19. The summed E-state index contributed by atoms with van der Waals surface area (Å²) < 4.78 is 4.97. The first-order valence-corrected chi connectivity index (χ1v) is 6.70. The van der Waals surface area contributed by atoms with Crippen LogP contribution in [0.3, 0.4) is 0 Å². The summed E-state index contributed by atoms with van der Waals surface area (Å²) in [6.45, 7) is 2.47. The largest absolute Gasteiger partial charge is 0.377 e. The molecule has 90 valence electrons. The van der Waals surface area contributed by atoms with Crippen LogP contribution >= 0.6 is 23.4 Å². The first-order chi connectivity index (χ1) is 7.65. The standard InChI is InChI=1S/C10H16ClN3OS/c1-7(6-16-3)12-9-4-8(11)13-10(14-9)5-15-2/h4,7H,5-6H2,1-3H3,(H,12,13,14). The first kappa shape index (κ1) is 13.5. The van der Waals surface area contributed by atoms with Crippen LogP contribution in [0.25, 0.3) is 0 Å². The van der Waals surface area contributed by atoms with Crippen LogP contribution in [-0.4, -0.2) is 35.1 Å². The molecule has 0 bridgehead atoms. The van der Waals surface area contributed by atoms with Crippen LogP contribution in [0.5, 0.6) is 0 Å². The Balaban J connectivity index is 2.71. The second kappa shape index (κ2) is 6.93. The summed E-state index contributed by atoms with van der Waals surface area (Å²) >= 11 is 7.68. The van der Waals surface area contributed by atoms with Crippen molar-refractivity contribution in [2.45, 2.75) is 19.6 Å². The zero-order chi connectivity index (χ0) is 12.0. The molecule has 1 aromatic rings. The lowest BCUT2D eigenvalue weighted by molar-refractivity contribution is 0.178. The number of nitrogens with one attached hydrogen (secondary N) is 1. The molecule has 0 radical (unpaired) electrons. The van der Waals surface area contributed by atoms with E-state index in [1.165, 1.54) is 0 Å².